The fourth-order valence-electron chi connectivity index (χ4n) is 1.72. The van der Waals surface area contributed by atoms with Crippen molar-refractivity contribution >= 4 is 11.0 Å². The Hall–Kier alpha value is -2.23. The molecular formula is C12H10N4. The van der Waals surface area contributed by atoms with E-state index in [2.05, 4.69) is 19.9 Å². The molecule has 78 valence electrons. The molecule has 0 spiro atoms. The maximum atomic E-state index is 4.39. The zero-order chi connectivity index (χ0) is 11.0. The molecule has 3 rings (SSSR count). The van der Waals surface area contributed by atoms with Crippen LogP contribution >= 0.6 is 0 Å². The van der Waals surface area contributed by atoms with E-state index in [1.807, 2.05) is 25.1 Å². The first kappa shape index (κ1) is 9.03. The minimum Gasteiger partial charge on any atom is -0.342 e. The molecule has 3 aromatic rings. The van der Waals surface area contributed by atoms with Crippen molar-refractivity contribution in [2.75, 3.05) is 0 Å². The number of hydrogen-bond donors (Lipinski definition) is 1. The molecule has 0 atom stereocenters. The van der Waals surface area contributed by atoms with Crippen LogP contribution in [-0.4, -0.2) is 19.9 Å². The van der Waals surface area contributed by atoms with Crippen LogP contribution in [0.1, 0.15) is 5.82 Å². The van der Waals surface area contributed by atoms with Gasteiger partial charge in [0.15, 0.2) is 5.82 Å². The number of nitrogens with zero attached hydrogens (tertiary/aromatic N) is 3. The van der Waals surface area contributed by atoms with Crippen molar-refractivity contribution < 1.29 is 0 Å². The van der Waals surface area contributed by atoms with Crippen LogP contribution in [0, 0.1) is 6.92 Å². The number of H-pyrrole nitrogens is 1. The van der Waals surface area contributed by atoms with Crippen molar-refractivity contribution in [2.24, 2.45) is 0 Å². The van der Waals surface area contributed by atoms with Crippen LogP contribution in [0.5, 0.6) is 0 Å². The summed E-state index contributed by atoms with van der Waals surface area (Å²) in [5.74, 6) is 1.64. The molecule has 0 aliphatic heterocycles. The van der Waals surface area contributed by atoms with E-state index in [0.717, 1.165) is 28.2 Å². The maximum absolute atomic E-state index is 4.39. The van der Waals surface area contributed by atoms with Crippen LogP contribution in [0.2, 0.25) is 0 Å². The van der Waals surface area contributed by atoms with Gasteiger partial charge in [-0.05, 0) is 31.2 Å². The molecule has 2 heterocycles. The monoisotopic (exact) mass is 210 g/mol. The third kappa shape index (κ3) is 1.44. The lowest BCUT2D eigenvalue weighted by Crippen LogP contribution is -1.86. The lowest BCUT2D eigenvalue weighted by Gasteiger charge is -1.98. The third-order valence-corrected chi connectivity index (χ3v) is 2.43. The number of aromatic nitrogens is 4. The molecule has 2 aromatic heterocycles. The summed E-state index contributed by atoms with van der Waals surface area (Å²) in [6.07, 6.45) is 3.48. The zero-order valence-electron chi connectivity index (χ0n) is 8.81. The van der Waals surface area contributed by atoms with Gasteiger partial charge >= 0.3 is 0 Å². The molecule has 0 aliphatic carbocycles. The zero-order valence-corrected chi connectivity index (χ0v) is 8.81. The fourth-order valence-corrected chi connectivity index (χ4v) is 1.72. The van der Waals surface area contributed by atoms with Gasteiger partial charge in [-0.1, -0.05) is 0 Å². The number of hydrogen-bond acceptors (Lipinski definition) is 3. The number of aromatic amines is 1. The number of nitrogens with one attached hydrogen (secondary N) is 1. The minimum absolute atomic E-state index is 0.727. The smallest absolute Gasteiger partial charge is 0.159 e. The van der Waals surface area contributed by atoms with Crippen LogP contribution < -0.4 is 0 Å². The highest BCUT2D eigenvalue weighted by Crippen LogP contribution is 2.19. The van der Waals surface area contributed by atoms with Gasteiger partial charge in [0.05, 0.1) is 11.0 Å². The summed E-state index contributed by atoms with van der Waals surface area (Å²) in [7, 11) is 0. The van der Waals surface area contributed by atoms with E-state index in [0.29, 0.717) is 0 Å². The van der Waals surface area contributed by atoms with Crippen molar-refractivity contribution in [3.63, 3.8) is 0 Å². The van der Waals surface area contributed by atoms with Gasteiger partial charge in [-0.25, -0.2) is 15.0 Å². The van der Waals surface area contributed by atoms with Crippen LogP contribution in [0.4, 0.5) is 0 Å². The summed E-state index contributed by atoms with van der Waals surface area (Å²) in [6, 6.07) is 7.80. The predicted octanol–water partition coefficient (Wildman–Crippen LogP) is 2.33. The van der Waals surface area contributed by atoms with E-state index in [9.17, 15) is 0 Å². The Morgan fingerprint density at radius 3 is 2.75 bits per heavy atom. The van der Waals surface area contributed by atoms with E-state index in [1.54, 1.807) is 18.5 Å². The van der Waals surface area contributed by atoms with E-state index in [-0.39, 0.29) is 0 Å². The van der Waals surface area contributed by atoms with Crippen molar-refractivity contribution in [3.8, 4) is 11.4 Å². The minimum atomic E-state index is 0.727. The number of aryl methyl sites for hydroxylation is 1. The second kappa shape index (κ2) is 3.41. The first-order valence-electron chi connectivity index (χ1n) is 5.07. The van der Waals surface area contributed by atoms with Crippen molar-refractivity contribution in [1.29, 1.82) is 0 Å². The Balaban J connectivity index is 2.18. The van der Waals surface area contributed by atoms with E-state index >= 15 is 0 Å². The summed E-state index contributed by atoms with van der Waals surface area (Å²) in [4.78, 5) is 16.0. The predicted molar refractivity (Wildman–Crippen MR) is 61.9 cm³/mol. The standard InChI is InChI=1S/C12H10N4/c1-8-15-10-4-3-9(7-11(10)16-8)12-13-5-2-6-14-12/h2-7H,1H3,(H,15,16). The van der Waals surface area contributed by atoms with Gasteiger partial charge in [-0.3, -0.25) is 0 Å². The van der Waals surface area contributed by atoms with E-state index in [4.69, 9.17) is 0 Å². The average Bonchev–Trinajstić information content (AvgIpc) is 2.69. The van der Waals surface area contributed by atoms with Gasteiger partial charge in [0.1, 0.15) is 5.82 Å². The van der Waals surface area contributed by atoms with Gasteiger partial charge in [0.25, 0.3) is 0 Å². The summed E-state index contributed by atoms with van der Waals surface area (Å²) in [5, 5.41) is 0. The molecule has 1 N–H and O–H groups in total. The van der Waals surface area contributed by atoms with Crippen LogP contribution in [-0.2, 0) is 0 Å². The molecule has 0 radical (unpaired) electrons. The molecule has 0 saturated heterocycles. The third-order valence-electron chi connectivity index (χ3n) is 2.43. The van der Waals surface area contributed by atoms with Gasteiger partial charge in [0.2, 0.25) is 0 Å². The lowest BCUT2D eigenvalue weighted by atomic mass is 10.2. The van der Waals surface area contributed by atoms with Crippen molar-refractivity contribution in [2.45, 2.75) is 6.92 Å². The first-order valence-corrected chi connectivity index (χ1v) is 5.07. The molecule has 4 heteroatoms. The van der Waals surface area contributed by atoms with Gasteiger partial charge in [-0.15, -0.1) is 0 Å². The highest BCUT2D eigenvalue weighted by molar-refractivity contribution is 5.80. The maximum Gasteiger partial charge on any atom is 0.159 e. The highest BCUT2D eigenvalue weighted by Gasteiger charge is 2.03. The van der Waals surface area contributed by atoms with E-state index in [1.165, 1.54) is 0 Å². The Kier molecular flexibility index (Phi) is 1.93. The van der Waals surface area contributed by atoms with Crippen molar-refractivity contribution in [1.82, 2.24) is 19.9 Å². The number of benzene rings is 1. The molecule has 4 nitrogen and oxygen atoms in total. The molecule has 0 fully saturated rings. The van der Waals surface area contributed by atoms with Gasteiger partial charge < -0.3 is 4.98 Å². The number of rotatable bonds is 1. The second-order valence-electron chi connectivity index (χ2n) is 3.63. The molecule has 0 aliphatic rings. The summed E-state index contributed by atoms with van der Waals surface area (Å²) < 4.78 is 0. The Bertz CT molecular complexity index is 628. The van der Waals surface area contributed by atoms with Crippen molar-refractivity contribution in [3.05, 3.63) is 42.5 Å². The highest BCUT2D eigenvalue weighted by atomic mass is 14.9. The molecule has 1 aromatic carbocycles. The lowest BCUT2D eigenvalue weighted by molar-refractivity contribution is 1.17. The molecule has 0 unspecified atom stereocenters. The number of imidazole rings is 1. The topological polar surface area (TPSA) is 54.5 Å². The Morgan fingerprint density at radius 2 is 1.94 bits per heavy atom. The van der Waals surface area contributed by atoms with E-state index < -0.39 is 0 Å². The SMILES string of the molecule is Cc1nc2cc(-c3ncccn3)ccc2[nH]1. The number of fused-ring (bicyclic) bond motifs is 1. The molecular weight excluding hydrogens is 200 g/mol. The largest absolute Gasteiger partial charge is 0.342 e. The molecule has 0 bridgehead atoms. The quantitative estimate of drug-likeness (QED) is 0.670. The first-order chi connectivity index (χ1) is 7.83. The van der Waals surface area contributed by atoms with Gasteiger partial charge in [-0.2, -0.15) is 0 Å². The fraction of sp³-hybridized carbons (Fsp3) is 0.0833. The molecule has 0 amide bonds. The van der Waals surface area contributed by atoms with Gasteiger partial charge in [0, 0.05) is 18.0 Å². The second-order valence-corrected chi connectivity index (χ2v) is 3.63. The summed E-state index contributed by atoms with van der Waals surface area (Å²) in [6.45, 7) is 1.94. The molecule has 16 heavy (non-hydrogen) atoms. The summed E-state index contributed by atoms with van der Waals surface area (Å²) in [5.41, 5.74) is 2.97. The Morgan fingerprint density at radius 1 is 1.12 bits per heavy atom. The Labute approximate surface area is 92.4 Å². The van der Waals surface area contributed by atoms with Crippen LogP contribution in [0.3, 0.4) is 0 Å². The van der Waals surface area contributed by atoms with Crippen LogP contribution in [0.15, 0.2) is 36.7 Å². The summed E-state index contributed by atoms with van der Waals surface area (Å²) >= 11 is 0. The normalized spacial score (nSPS) is 10.8. The average molecular weight is 210 g/mol. The molecule has 0 saturated carbocycles. The van der Waals surface area contributed by atoms with Crippen LogP contribution in [0.25, 0.3) is 22.4 Å².